The molecule has 1 amide bonds. The Balaban J connectivity index is 1.68. The largest absolute Gasteiger partial charge is 0.339 e. The number of hydrogen-bond donors (Lipinski definition) is 0. The molecule has 1 fully saturated rings. The van der Waals surface area contributed by atoms with E-state index in [1.807, 2.05) is 17.9 Å². The second kappa shape index (κ2) is 8.18. The van der Waals surface area contributed by atoms with Crippen molar-refractivity contribution < 1.29 is 4.79 Å². The second-order valence-corrected chi connectivity index (χ2v) is 7.97. The molecule has 1 aromatic heterocycles. The molecule has 140 valence electrons. The Morgan fingerprint density at radius 2 is 1.92 bits per heavy atom. The topological polar surface area (TPSA) is 67.2 Å². The van der Waals surface area contributed by atoms with Crippen LogP contribution >= 0.6 is 11.8 Å². The van der Waals surface area contributed by atoms with Crippen molar-refractivity contribution in [3.8, 4) is 5.69 Å². The van der Waals surface area contributed by atoms with Gasteiger partial charge in [0.25, 0.3) is 0 Å². The van der Waals surface area contributed by atoms with Crippen molar-refractivity contribution in [3.05, 3.63) is 29.3 Å². The number of likely N-dealkylation sites (N-methyl/N-ethyl adjacent to an activating group) is 1. The maximum absolute atomic E-state index is 12.8. The van der Waals surface area contributed by atoms with E-state index in [4.69, 9.17) is 0 Å². The van der Waals surface area contributed by atoms with Crippen LogP contribution in [0.5, 0.6) is 0 Å². The van der Waals surface area contributed by atoms with Gasteiger partial charge in [-0.1, -0.05) is 24.8 Å². The SMILES string of the molecule is CCN1CCN(C(=O)[C@H](C)Sc2nnnn2-c2ccc(C)c(C)c2)CC1. The van der Waals surface area contributed by atoms with Crippen LogP contribution in [0.1, 0.15) is 25.0 Å². The summed E-state index contributed by atoms with van der Waals surface area (Å²) in [4.78, 5) is 17.1. The number of carbonyl (C=O) groups is 1. The zero-order valence-corrected chi connectivity index (χ0v) is 16.7. The summed E-state index contributed by atoms with van der Waals surface area (Å²) in [5, 5.41) is 12.5. The van der Waals surface area contributed by atoms with Crippen LogP contribution in [-0.2, 0) is 4.79 Å². The molecule has 1 aromatic carbocycles. The standard InChI is InChI=1S/C18H26N6OS/c1-5-22-8-10-23(11-9-22)17(25)15(4)26-18-19-20-21-24(18)16-7-6-13(2)14(3)12-16/h6-7,12,15H,5,8-11H2,1-4H3/t15-/m0/s1. The number of hydrogen-bond acceptors (Lipinski definition) is 6. The summed E-state index contributed by atoms with van der Waals surface area (Å²) in [6, 6.07) is 6.12. The minimum absolute atomic E-state index is 0.153. The van der Waals surface area contributed by atoms with Crippen molar-refractivity contribution in [2.24, 2.45) is 0 Å². The summed E-state index contributed by atoms with van der Waals surface area (Å²) >= 11 is 1.41. The summed E-state index contributed by atoms with van der Waals surface area (Å²) in [7, 11) is 0. The van der Waals surface area contributed by atoms with Gasteiger partial charge < -0.3 is 9.80 Å². The van der Waals surface area contributed by atoms with Gasteiger partial charge in [0.15, 0.2) is 0 Å². The van der Waals surface area contributed by atoms with E-state index < -0.39 is 0 Å². The molecule has 0 saturated carbocycles. The van der Waals surface area contributed by atoms with Gasteiger partial charge in [-0.2, -0.15) is 4.68 Å². The maximum atomic E-state index is 12.8. The molecule has 2 heterocycles. The molecule has 1 aliphatic rings. The number of thioether (sulfide) groups is 1. The Morgan fingerprint density at radius 3 is 2.58 bits per heavy atom. The highest BCUT2D eigenvalue weighted by Crippen LogP contribution is 2.25. The Kier molecular flexibility index (Phi) is 5.93. The average Bonchev–Trinajstić information content (AvgIpc) is 3.11. The van der Waals surface area contributed by atoms with Gasteiger partial charge in [-0.15, -0.1) is 5.10 Å². The van der Waals surface area contributed by atoms with E-state index in [0.29, 0.717) is 5.16 Å². The number of nitrogens with zero attached hydrogens (tertiary/aromatic N) is 6. The lowest BCUT2D eigenvalue weighted by molar-refractivity contribution is -0.132. The minimum Gasteiger partial charge on any atom is -0.339 e. The van der Waals surface area contributed by atoms with Crippen molar-refractivity contribution >= 4 is 17.7 Å². The Morgan fingerprint density at radius 1 is 1.19 bits per heavy atom. The van der Waals surface area contributed by atoms with Gasteiger partial charge >= 0.3 is 0 Å². The molecule has 0 unspecified atom stereocenters. The fraction of sp³-hybridized carbons (Fsp3) is 0.556. The van der Waals surface area contributed by atoms with E-state index in [1.165, 1.54) is 22.9 Å². The Bertz CT molecular complexity index is 769. The van der Waals surface area contributed by atoms with E-state index in [0.717, 1.165) is 38.4 Å². The quantitative estimate of drug-likeness (QED) is 0.745. The fourth-order valence-corrected chi connectivity index (χ4v) is 3.91. The zero-order chi connectivity index (χ0) is 18.7. The van der Waals surface area contributed by atoms with Crippen LogP contribution < -0.4 is 0 Å². The number of tetrazole rings is 1. The molecule has 0 aliphatic carbocycles. The third-order valence-electron chi connectivity index (χ3n) is 4.94. The number of rotatable bonds is 5. The van der Waals surface area contributed by atoms with Crippen LogP contribution in [0.3, 0.4) is 0 Å². The third-order valence-corrected chi connectivity index (χ3v) is 5.96. The minimum atomic E-state index is -0.223. The highest BCUT2D eigenvalue weighted by atomic mass is 32.2. The van der Waals surface area contributed by atoms with E-state index in [9.17, 15) is 4.79 Å². The van der Waals surface area contributed by atoms with E-state index in [-0.39, 0.29) is 11.2 Å². The first-order valence-corrected chi connectivity index (χ1v) is 9.91. The van der Waals surface area contributed by atoms with Crippen LogP contribution in [0.4, 0.5) is 0 Å². The molecule has 0 radical (unpaired) electrons. The number of carbonyl (C=O) groups excluding carboxylic acids is 1. The smallest absolute Gasteiger partial charge is 0.235 e. The Labute approximate surface area is 158 Å². The summed E-state index contributed by atoms with van der Waals surface area (Å²) in [5.74, 6) is 0.153. The van der Waals surface area contributed by atoms with Gasteiger partial charge in [0.05, 0.1) is 10.9 Å². The lowest BCUT2D eigenvalue weighted by Gasteiger charge is -2.35. The number of aryl methyl sites for hydroxylation is 2. The maximum Gasteiger partial charge on any atom is 0.235 e. The summed E-state index contributed by atoms with van der Waals surface area (Å²) in [6.07, 6.45) is 0. The van der Waals surface area contributed by atoms with Crippen molar-refractivity contribution in [2.45, 2.75) is 38.1 Å². The first-order valence-electron chi connectivity index (χ1n) is 9.03. The molecule has 1 atom stereocenters. The zero-order valence-electron chi connectivity index (χ0n) is 15.8. The summed E-state index contributed by atoms with van der Waals surface area (Å²) in [6.45, 7) is 12.7. The second-order valence-electron chi connectivity index (χ2n) is 6.66. The van der Waals surface area contributed by atoms with Crippen molar-refractivity contribution in [1.29, 1.82) is 0 Å². The molecule has 0 N–H and O–H groups in total. The molecule has 1 aliphatic heterocycles. The van der Waals surface area contributed by atoms with E-state index >= 15 is 0 Å². The first-order chi connectivity index (χ1) is 12.5. The van der Waals surface area contributed by atoms with Gasteiger partial charge in [-0.05, 0) is 61.0 Å². The monoisotopic (exact) mass is 374 g/mol. The van der Waals surface area contributed by atoms with Crippen LogP contribution in [0, 0.1) is 13.8 Å². The predicted molar refractivity (Wildman–Crippen MR) is 103 cm³/mol. The molecule has 1 saturated heterocycles. The van der Waals surface area contributed by atoms with E-state index in [1.54, 1.807) is 4.68 Å². The molecule has 0 spiro atoms. The van der Waals surface area contributed by atoms with Crippen molar-refractivity contribution in [2.75, 3.05) is 32.7 Å². The molecule has 2 aromatic rings. The van der Waals surface area contributed by atoms with Crippen LogP contribution in [0.25, 0.3) is 5.69 Å². The first kappa shape index (κ1) is 18.8. The number of amides is 1. The van der Waals surface area contributed by atoms with Gasteiger partial charge in [0.2, 0.25) is 11.1 Å². The lowest BCUT2D eigenvalue weighted by Crippen LogP contribution is -2.50. The van der Waals surface area contributed by atoms with Gasteiger partial charge in [0, 0.05) is 26.2 Å². The highest BCUT2D eigenvalue weighted by Gasteiger charge is 2.26. The molecule has 7 nitrogen and oxygen atoms in total. The van der Waals surface area contributed by atoms with E-state index in [2.05, 4.69) is 53.3 Å². The fourth-order valence-electron chi connectivity index (χ4n) is 3.02. The normalized spacial score (nSPS) is 16.7. The van der Waals surface area contributed by atoms with Crippen LogP contribution in [-0.4, -0.2) is 73.9 Å². The Hall–Kier alpha value is -1.93. The molecule has 8 heteroatoms. The summed E-state index contributed by atoms with van der Waals surface area (Å²) < 4.78 is 1.70. The number of benzene rings is 1. The van der Waals surface area contributed by atoms with Gasteiger partial charge in [-0.25, -0.2) is 0 Å². The molecule has 0 bridgehead atoms. The predicted octanol–water partition coefficient (Wildman–Crippen LogP) is 1.92. The molecule has 3 rings (SSSR count). The number of aromatic nitrogens is 4. The highest BCUT2D eigenvalue weighted by molar-refractivity contribution is 8.00. The molecule has 26 heavy (non-hydrogen) atoms. The molecular weight excluding hydrogens is 348 g/mol. The van der Waals surface area contributed by atoms with Gasteiger partial charge in [-0.3, -0.25) is 4.79 Å². The van der Waals surface area contributed by atoms with Crippen LogP contribution in [0.2, 0.25) is 0 Å². The molecular formula is C18H26N6OS. The average molecular weight is 375 g/mol. The van der Waals surface area contributed by atoms with Crippen molar-refractivity contribution in [1.82, 2.24) is 30.0 Å². The van der Waals surface area contributed by atoms with Gasteiger partial charge in [0.1, 0.15) is 0 Å². The number of piperazine rings is 1. The summed E-state index contributed by atoms with van der Waals surface area (Å²) in [5.41, 5.74) is 3.33. The van der Waals surface area contributed by atoms with Crippen molar-refractivity contribution in [3.63, 3.8) is 0 Å². The van der Waals surface area contributed by atoms with Crippen LogP contribution in [0.15, 0.2) is 23.4 Å². The third kappa shape index (κ3) is 4.07. The lowest BCUT2D eigenvalue weighted by atomic mass is 10.1.